The highest BCUT2D eigenvalue weighted by Gasteiger charge is 2.20. The maximum atomic E-state index is 11.0. The molecule has 108 valence electrons. The van der Waals surface area contributed by atoms with Crippen LogP contribution in [0.2, 0.25) is 0 Å². The SMILES string of the molecule is O=[N+]([O-])c1ccc(NCC2CCCCN2)c([N+](=O)[O-])c1. The smallest absolute Gasteiger partial charge is 0.299 e. The number of nitrogens with one attached hydrogen (secondary N) is 2. The predicted octanol–water partition coefficient (Wildman–Crippen LogP) is 2.06. The summed E-state index contributed by atoms with van der Waals surface area (Å²) >= 11 is 0. The fraction of sp³-hybridized carbons (Fsp3) is 0.500. The Morgan fingerprint density at radius 1 is 1.25 bits per heavy atom. The van der Waals surface area contributed by atoms with Crippen molar-refractivity contribution in [2.24, 2.45) is 0 Å². The van der Waals surface area contributed by atoms with E-state index in [0.717, 1.165) is 31.9 Å². The van der Waals surface area contributed by atoms with Crippen LogP contribution in [0, 0.1) is 20.2 Å². The molecule has 1 unspecified atom stereocenters. The van der Waals surface area contributed by atoms with Crippen LogP contribution in [0.15, 0.2) is 18.2 Å². The van der Waals surface area contributed by atoms with Gasteiger partial charge in [-0.1, -0.05) is 6.42 Å². The Balaban J connectivity index is 2.09. The molecule has 1 heterocycles. The van der Waals surface area contributed by atoms with E-state index < -0.39 is 9.85 Å². The molecule has 8 nitrogen and oxygen atoms in total. The lowest BCUT2D eigenvalue weighted by Crippen LogP contribution is -2.39. The number of anilines is 1. The van der Waals surface area contributed by atoms with E-state index >= 15 is 0 Å². The molecule has 1 atom stereocenters. The molecule has 1 aromatic rings. The third-order valence-electron chi connectivity index (χ3n) is 3.34. The van der Waals surface area contributed by atoms with E-state index in [-0.39, 0.29) is 17.4 Å². The molecule has 0 spiro atoms. The van der Waals surface area contributed by atoms with Crippen molar-refractivity contribution in [1.29, 1.82) is 0 Å². The standard InChI is InChI=1S/C12H16N4O4/c17-15(18)10-4-5-11(12(7-10)16(19)20)14-8-9-3-1-2-6-13-9/h4-5,7,9,13-14H,1-3,6,8H2. The van der Waals surface area contributed by atoms with E-state index in [1.165, 1.54) is 12.1 Å². The lowest BCUT2D eigenvalue weighted by molar-refractivity contribution is -0.393. The first-order chi connectivity index (χ1) is 9.58. The largest absolute Gasteiger partial charge is 0.378 e. The Hall–Kier alpha value is -2.22. The maximum Gasteiger partial charge on any atom is 0.299 e. The second-order valence-electron chi connectivity index (χ2n) is 4.74. The van der Waals surface area contributed by atoms with E-state index in [2.05, 4.69) is 10.6 Å². The number of nitrogens with zero attached hydrogens (tertiary/aromatic N) is 2. The summed E-state index contributed by atoms with van der Waals surface area (Å²) in [5.41, 5.74) is -0.235. The van der Waals surface area contributed by atoms with Crippen LogP contribution in [0.25, 0.3) is 0 Å². The summed E-state index contributed by atoms with van der Waals surface area (Å²) in [6.45, 7) is 1.52. The molecule has 2 rings (SSSR count). The van der Waals surface area contributed by atoms with E-state index in [1.54, 1.807) is 0 Å². The van der Waals surface area contributed by atoms with Crippen molar-refractivity contribution < 1.29 is 9.85 Å². The van der Waals surface area contributed by atoms with Crippen LogP contribution in [-0.4, -0.2) is 29.0 Å². The first-order valence-electron chi connectivity index (χ1n) is 6.48. The number of nitro groups is 2. The van der Waals surface area contributed by atoms with Gasteiger partial charge in [-0.2, -0.15) is 0 Å². The molecule has 2 N–H and O–H groups in total. The van der Waals surface area contributed by atoms with Gasteiger partial charge in [0, 0.05) is 18.7 Å². The van der Waals surface area contributed by atoms with Crippen molar-refractivity contribution in [2.75, 3.05) is 18.4 Å². The van der Waals surface area contributed by atoms with Crippen LogP contribution < -0.4 is 10.6 Å². The average Bonchev–Trinajstić information content (AvgIpc) is 2.45. The number of rotatable bonds is 5. The van der Waals surface area contributed by atoms with E-state index in [0.29, 0.717) is 12.2 Å². The maximum absolute atomic E-state index is 11.0. The van der Waals surface area contributed by atoms with Gasteiger partial charge in [0.2, 0.25) is 0 Å². The molecule has 0 amide bonds. The number of benzene rings is 1. The molecule has 0 saturated carbocycles. The van der Waals surface area contributed by atoms with Gasteiger partial charge in [-0.15, -0.1) is 0 Å². The highest BCUT2D eigenvalue weighted by atomic mass is 16.6. The highest BCUT2D eigenvalue weighted by Crippen LogP contribution is 2.29. The Kier molecular flexibility index (Phi) is 4.46. The second kappa shape index (κ2) is 6.29. The van der Waals surface area contributed by atoms with Crippen LogP contribution in [0.3, 0.4) is 0 Å². The summed E-state index contributed by atoms with van der Waals surface area (Å²) in [7, 11) is 0. The minimum absolute atomic E-state index is 0.269. The fourth-order valence-electron chi connectivity index (χ4n) is 2.27. The summed E-state index contributed by atoms with van der Waals surface area (Å²) in [4.78, 5) is 20.4. The molecule has 1 aliphatic rings. The molecule has 8 heteroatoms. The normalized spacial score (nSPS) is 18.5. The summed E-state index contributed by atoms with van der Waals surface area (Å²) in [6, 6.07) is 3.91. The zero-order chi connectivity index (χ0) is 14.5. The molecule has 0 aromatic heterocycles. The van der Waals surface area contributed by atoms with E-state index in [9.17, 15) is 20.2 Å². The zero-order valence-electron chi connectivity index (χ0n) is 10.9. The van der Waals surface area contributed by atoms with Gasteiger partial charge < -0.3 is 10.6 Å². The first-order valence-corrected chi connectivity index (χ1v) is 6.48. The third-order valence-corrected chi connectivity index (χ3v) is 3.34. The molecular formula is C12H16N4O4. The monoisotopic (exact) mass is 280 g/mol. The van der Waals surface area contributed by atoms with Gasteiger partial charge in [0.1, 0.15) is 5.69 Å². The number of nitro benzene ring substituents is 2. The number of non-ortho nitro benzene ring substituents is 1. The Morgan fingerprint density at radius 3 is 2.65 bits per heavy atom. The van der Waals surface area contributed by atoms with Crippen LogP contribution >= 0.6 is 0 Å². The van der Waals surface area contributed by atoms with Crippen molar-refractivity contribution in [2.45, 2.75) is 25.3 Å². The van der Waals surface area contributed by atoms with Crippen molar-refractivity contribution in [3.63, 3.8) is 0 Å². The molecule has 20 heavy (non-hydrogen) atoms. The Morgan fingerprint density at radius 2 is 2.05 bits per heavy atom. The van der Waals surface area contributed by atoms with Crippen molar-refractivity contribution >= 4 is 17.1 Å². The van der Waals surface area contributed by atoms with E-state index in [1.807, 2.05) is 0 Å². The summed E-state index contributed by atoms with van der Waals surface area (Å²) < 4.78 is 0. The van der Waals surface area contributed by atoms with Crippen LogP contribution in [0.1, 0.15) is 19.3 Å². The van der Waals surface area contributed by atoms with Gasteiger partial charge in [-0.05, 0) is 25.5 Å². The van der Waals surface area contributed by atoms with Gasteiger partial charge in [-0.3, -0.25) is 20.2 Å². The fourth-order valence-corrected chi connectivity index (χ4v) is 2.27. The average molecular weight is 280 g/mol. The number of piperidine rings is 1. The molecule has 0 radical (unpaired) electrons. The highest BCUT2D eigenvalue weighted by molar-refractivity contribution is 5.65. The van der Waals surface area contributed by atoms with Gasteiger partial charge in [-0.25, -0.2) is 0 Å². The van der Waals surface area contributed by atoms with Gasteiger partial charge in [0.15, 0.2) is 0 Å². The summed E-state index contributed by atoms with van der Waals surface area (Å²) in [5, 5.41) is 28.0. The molecule has 1 fully saturated rings. The van der Waals surface area contributed by atoms with Gasteiger partial charge >= 0.3 is 0 Å². The lowest BCUT2D eigenvalue weighted by Gasteiger charge is -2.23. The quantitative estimate of drug-likeness (QED) is 0.631. The second-order valence-corrected chi connectivity index (χ2v) is 4.74. The first kappa shape index (κ1) is 14.2. The molecule has 1 aromatic carbocycles. The summed E-state index contributed by atoms with van der Waals surface area (Å²) in [5.74, 6) is 0. The Bertz CT molecular complexity index is 514. The molecule has 0 aliphatic carbocycles. The molecule has 1 saturated heterocycles. The molecule has 0 bridgehead atoms. The molecule has 1 aliphatic heterocycles. The number of hydrogen-bond acceptors (Lipinski definition) is 6. The van der Waals surface area contributed by atoms with Crippen molar-refractivity contribution in [3.05, 3.63) is 38.4 Å². The van der Waals surface area contributed by atoms with Crippen LogP contribution in [0.5, 0.6) is 0 Å². The number of hydrogen-bond donors (Lipinski definition) is 2. The van der Waals surface area contributed by atoms with Crippen LogP contribution in [0.4, 0.5) is 17.1 Å². The topological polar surface area (TPSA) is 110 Å². The van der Waals surface area contributed by atoms with Crippen molar-refractivity contribution in [1.82, 2.24) is 5.32 Å². The zero-order valence-corrected chi connectivity index (χ0v) is 10.9. The van der Waals surface area contributed by atoms with Gasteiger partial charge in [0.05, 0.1) is 15.9 Å². The summed E-state index contributed by atoms with van der Waals surface area (Å²) in [6.07, 6.45) is 3.31. The Labute approximate surface area is 115 Å². The molecular weight excluding hydrogens is 264 g/mol. The minimum Gasteiger partial charge on any atom is -0.378 e. The van der Waals surface area contributed by atoms with Crippen LogP contribution in [-0.2, 0) is 0 Å². The van der Waals surface area contributed by atoms with Crippen molar-refractivity contribution in [3.8, 4) is 0 Å². The van der Waals surface area contributed by atoms with E-state index in [4.69, 9.17) is 0 Å². The predicted molar refractivity (Wildman–Crippen MR) is 73.9 cm³/mol. The third kappa shape index (κ3) is 3.41. The minimum atomic E-state index is -0.639. The lowest BCUT2D eigenvalue weighted by atomic mass is 10.1. The van der Waals surface area contributed by atoms with Gasteiger partial charge in [0.25, 0.3) is 11.4 Å².